The first-order valence-corrected chi connectivity index (χ1v) is 8.09. The lowest BCUT2D eigenvalue weighted by Crippen LogP contribution is -2.14. The van der Waals surface area contributed by atoms with Gasteiger partial charge in [-0.1, -0.05) is 6.07 Å². The maximum absolute atomic E-state index is 12.0. The minimum Gasteiger partial charge on any atom is -0.404 e. The summed E-state index contributed by atoms with van der Waals surface area (Å²) < 4.78 is 1.48. The van der Waals surface area contributed by atoms with Crippen molar-refractivity contribution in [3.05, 3.63) is 63.5 Å². The van der Waals surface area contributed by atoms with Crippen LogP contribution >= 0.6 is 0 Å². The van der Waals surface area contributed by atoms with E-state index < -0.39 is 0 Å². The Bertz CT molecular complexity index is 1180. The lowest BCUT2D eigenvalue weighted by molar-refractivity contribution is 0.756. The molecule has 2 aromatic heterocycles. The summed E-state index contributed by atoms with van der Waals surface area (Å²) in [6.45, 7) is 0.175. The Morgan fingerprint density at radius 3 is 2.85 bits per heavy atom. The lowest BCUT2D eigenvalue weighted by Gasteiger charge is -2.12. The highest BCUT2D eigenvalue weighted by molar-refractivity contribution is 6.32. The third-order valence-corrected chi connectivity index (χ3v) is 4.32. The molecule has 0 aliphatic carbocycles. The second-order valence-electron chi connectivity index (χ2n) is 5.76. The Morgan fingerprint density at radius 1 is 1.44 bits per heavy atom. The maximum Gasteiger partial charge on any atom is 0.272 e. The van der Waals surface area contributed by atoms with Gasteiger partial charge in [-0.15, -0.1) is 0 Å². The fourth-order valence-electron chi connectivity index (χ4n) is 2.98. The number of hydrogen-bond acceptors (Lipinski definition) is 7. The zero-order valence-electron chi connectivity index (χ0n) is 14.9. The monoisotopic (exact) mass is 362 g/mol. The van der Waals surface area contributed by atoms with Gasteiger partial charge in [0.2, 0.25) is 0 Å². The highest BCUT2D eigenvalue weighted by Gasteiger charge is 2.19. The van der Waals surface area contributed by atoms with Crippen molar-refractivity contribution in [3.63, 3.8) is 0 Å². The van der Waals surface area contributed by atoms with Crippen LogP contribution in [-0.2, 0) is 13.6 Å². The maximum atomic E-state index is 12.0. The van der Waals surface area contributed by atoms with E-state index in [0.29, 0.717) is 39.0 Å². The van der Waals surface area contributed by atoms with E-state index >= 15 is 0 Å². The number of fused-ring (bicyclic) bond motifs is 1. The molecule has 0 radical (unpaired) electrons. The molecule has 0 amide bonds. The third-order valence-electron chi connectivity index (χ3n) is 4.32. The lowest BCUT2D eigenvalue weighted by atomic mass is 9.95. The molecule has 0 unspecified atom stereocenters. The highest BCUT2D eigenvalue weighted by atomic mass is 16.1. The average molecular weight is 362 g/mol. The molecular formula is C18H18N8O. The van der Waals surface area contributed by atoms with Crippen molar-refractivity contribution in [3.8, 4) is 6.07 Å². The summed E-state index contributed by atoms with van der Waals surface area (Å²) in [7, 11) is 3.30. The zero-order valence-corrected chi connectivity index (χ0v) is 14.9. The molecule has 9 heteroatoms. The number of nitrogens with zero attached hydrogens (tertiary/aromatic N) is 5. The molecule has 0 spiro atoms. The standard InChI is InChI=1S/C18H18N8O/c1-22-17(14-9-23-26(2)16(14)8-21)13(6-19)10-3-4-11-12(5-10)15(7-20)24-25-18(11)27/h3-6,9H,7,19-20H2,1-2H3,(H,25,27). The zero-order chi connectivity index (χ0) is 19.6. The second kappa shape index (κ2) is 7.23. The minimum absolute atomic E-state index is 0.175. The SMILES string of the molecule is CN=C(C(=CN)c1ccc2c(=O)[nH]nc(CN)c2c1)c1cnn(C)c1C#N. The fourth-order valence-corrected chi connectivity index (χ4v) is 2.98. The van der Waals surface area contributed by atoms with Gasteiger partial charge in [-0.2, -0.15) is 15.5 Å². The third kappa shape index (κ3) is 2.98. The van der Waals surface area contributed by atoms with E-state index in [1.165, 1.54) is 10.9 Å². The summed E-state index contributed by atoms with van der Waals surface area (Å²) in [6, 6.07) is 7.38. The van der Waals surface area contributed by atoms with Gasteiger partial charge in [-0.25, -0.2) is 5.10 Å². The predicted molar refractivity (Wildman–Crippen MR) is 103 cm³/mol. The molecule has 9 nitrogen and oxygen atoms in total. The minimum atomic E-state index is -0.296. The molecule has 1 aromatic carbocycles. The Kier molecular flexibility index (Phi) is 4.83. The number of nitrogens with one attached hydrogen (secondary N) is 1. The molecule has 136 valence electrons. The molecule has 0 atom stereocenters. The van der Waals surface area contributed by atoms with Crippen molar-refractivity contribution in [1.82, 2.24) is 20.0 Å². The van der Waals surface area contributed by atoms with Gasteiger partial charge in [0.15, 0.2) is 0 Å². The summed E-state index contributed by atoms with van der Waals surface area (Å²) in [5.41, 5.74) is 14.7. The molecule has 27 heavy (non-hydrogen) atoms. The Balaban J connectivity index is 2.21. The number of aromatic nitrogens is 4. The molecule has 2 heterocycles. The van der Waals surface area contributed by atoms with Gasteiger partial charge < -0.3 is 11.5 Å². The van der Waals surface area contributed by atoms with E-state index in [0.717, 1.165) is 5.56 Å². The molecule has 0 fully saturated rings. The number of aryl methyl sites for hydroxylation is 1. The van der Waals surface area contributed by atoms with Gasteiger partial charge in [0.25, 0.3) is 5.56 Å². The molecular weight excluding hydrogens is 344 g/mol. The number of aromatic amines is 1. The summed E-state index contributed by atoms with van der Waals surface area (Å²) in [5.74, 6) is 0. The molecule has 3 aromatic rings. The quantitative estimate of drug-likeness (QED) is 0.571. The van der Waals surface area contributed by atoms with Crippen LogP contribution in [0.5, 0.6) is 0 Å². The van der Waals surface area contributed by atoms with Crippen molar-refractivity contribution in [1.29, 1.82) is 5.26 Å². The molecule has 0 aliphatic rings. The van der Waals surface area contributed by atoms with Gasteiger partial charge in [-0.3, -0.25) is 14.5 Å². The van der Waals surface area contributed by atoms with Crippen molar-refractivity contribution in [2.45, 2.75) is 6.54 Å². The van der Waals surface area contributed by atoms with E-state index in [4.69, 9.17) is 11.5 Å². The normalized spacial score (nSPS) is 12.4. The van der Waals surface area contributed by atoms with Crippen molar-refractivity contribution < 1.29 is 0 Å². The average Bonchev–Trinajstić information content (AvgIpc) is 3.06. The van der Waals surface area contributed by atoms with Crippen molar-refractivity contribution in [2.24, 2.45) is 23.5 Å². The van der Waals surface area contributed by atoms with E-state index in [9.17, 15) is 10.1 Å². The van der Waals surface area contributed by atoms with Crippen LogP contribution in [0.1, 0.15) is 22.5 Å². The number of hydrogen-bond donors (Lipinski definition) is 3. The number of H-pyrrole nitrogens is 1. The van der Waals surface area contributed by atoms with Crippen LogP contribution in [0.2, 0.25) is 0 Å². The summed E-state index contributed by atoms with van der Waals surface area (Å²) >= 11 is 0. The first kappa shape index (κ1) is 18.0. The van der Waals surface area contributed by atoms with Crippen LogP contribution in [0.4, 0.5) is 0 Å². The molecule has 0 saturated heterocycles. The number of nitrogens with two attached hydrogens (primary N) is 2. The fraction of sp³-hybridized carbons (Fsp3) is 0.167. The largest absolute Gasteiger partial charge is 0.404 e. The van der Waals surface area contributed by atoms with Crippen LogP contribution in [0, 0.1) is 11.3 Å². The Labute approximate surface area is 154 Å². The van der Waals surface area contributed by atoms with Crippen LogP contribution in [-0.4, -0.2) is 32.7 Å². The van der Waals surface area contributed by atoms with Gasteiger partial charge >= 0.3 is 0 Å². The van der Waals surface area contributed by atoms with Crippen LogP contribution in [0.3, 0.4) is 0 Å². The summed E-state index contributed by atoms with van der Waals surface area (Å²) in [4.78, 5) is 16.4. The number of nitriles is 1. The first-order valence-electron chi connectivity index (χ1n) is 8.09. The number of rotatable bonds is 4. The molecule has 0 bridgehead atoms. The number of allylic oxidation sites excluding steroid dienone is 1. The van der Waals surface area contributed by atoms with Crippen LogP contribution in [0.25, 0.3) is 16.3 Å². The van der Waals surface area contributed by atoms with Gasteiger partial charge in [0.1, 0.15) is 11.8 Å². The van der Waals surface area contributed by atoms with Crippen molar-refractivity contribution >= 4 is 22.1 Å². The molecule has 3 rings (SSSR count). The van der Waals surface area contributed by atoms with E-state index in [1.54, 1.807) is 38.5 Å². The molecule has 0 saturated carbocycles. The number of aliphatic imine (C=N–C) groups is 1. The predicted octanol–water partition coefficient (Wildman–Crippen LogP) is 0.406. The summed E-state index contributed by atoms with van der Waals surface area (Å²) in [6.07, 6.45) is 2.99. The molecule has 5 N–H and O–H groups in total. The van der Waals surface area contributed by atoms with E-state index in [-0.39, 0.29) is 12.1 Å². The second-order valence-corrected chi connectivity index (χ2v) is 5.76. The van der Waals surface area contributed by atoms with Gasteiger partial charge in [-0.05, 0) is 17.7 Å². The number of benzene rings is 1. The van der Waals surface area contributed by atoms with Crippen molar-refractivity contribution in [2.75, 3.05) is 7.05 Å². The van der Waals surface area contributed by atoms with Crippen LogP contribution < -0.4 is 17.0 Å². The molecule has 0 aliphatic heterocycles. The van der Waals surface area contributed by atoms with Gasteiger partial charge in [0.05, 0.1) is 28.6 Å². The van der Waals surface area contributed by atoms with Crippen LogP contribution in [0.15, 0.2) is 40.4 Å². The van der Waals surface area contributed by atoms with E-state index in [2.05, 4.69) is 26.4 Å². The first-order chi connectivity index (χ1) is 13.0. The van der Waals surface area contributed by atoms with E-state index in [1.807, 2.05) is 0 Å². The highest BCUT2D eigenvalue weighted by Crippen LogP contribution is 2.25. The summed E-state index contributed by atoms with van der Waals surface area (Å²) in [5, 5.41) is 21.1. The smallest absolute Gasteiger partial charge is 0.272 e. The van der Waals surface area contributed by atoms with Gasteiger partial charge in [0, 0.05) is 37.8 Å². The Morgan fingerprint density at radius 2 is 2.22 bits per heavy atom. The topological polar surface area (TPSA) is 152 Å². The Hall–Kier alpha value is -3.77.